The average Bonchev–Trinajstić information content (AvgIpc) is 2.79. The Morgan fingerprint density at radius 2 is 1.65 bits per heavy atom. The summed E-state index contributed by atoms with van der Waals surface area (Å²) in [7, 11) is -7.38. The Morgan fingerprint density at radius 3 is 2.15 bits per heavy atom. The number of hydrogen-bond acceptors (Lipinski definition) is 5. The van der Waals surface area contributed by atoms with Gasteiger partial charge in [-0.3, -0.25) is 4.79 Å². The van der Waals surface area contributed by atoms with Gasteiger partial charge in [-0.25, -0.2) is 25.9 Å². The maximum absolute atomic E-state index is 12.9. The molecule has 1 heterocycles. The molecule has 0 atom stereocenters. The number of anilines is 1. The van der Waals surface area contributed by atoms with Crippen LogP contribution in [0, 0.1) is 13.8 Å². The van der Waals surface area contributed by atoms with Gasteiger partial charge in [0.2, 0.25) is 26.0 Å². The Kier molecular flexibility index (Phi) is 5.15. The molecule has 3 rings (SSSR count). The Morgan fingerprint density at radius 1 is 1.08 bits per heavy atom. The van der Waals surface area contributed by atoms with E-state index in [2.05, 4.69) is 4.72 Å². The zero-order valence-corrected chi connectivity index (χ0v) is 16.6. The topological polar surface area (TPSA) is 101 Å². The highest BCUT2D eigenvalue weighted by atomic mass is 32.2. The Bertz CT molecular complexity index is 909. The van der Waals surface area contributed by atoms with E-state index in [0.717, 1.165) is 36.4 Å². The standard InChI is InChI=1S/C17H24N2O5S2/c1-12-10-15(19-16(20)8-9-25(19,21)22)11-13(2)17(12)26(23,24)18-14-6-4-3-5-7-14/h10-11,14,18H,3-9H2,1-2H3. The number of nitrogens with zero attached hydrogens (tertiary/aromatic N) is 1. The molecule has 2 aliphatic rings. The molecule has 9 heteroatoms. The van der Waals surface area contributed by atoms with E-state index >= 15 is 0 Å². The molecule has 1 saturated heterocycles. The summed E-state index contributed by atoms with van der Waals surface area (Å²) < 4.78 is 53.5. The van der Waals surface area contributed by atoms with Crippen LogP contribution in [0.4, 0.5) is 5.69 Å². The highest BCUT2D eigenvalue weighted by molar-refractivity contribution is 7.94. The summed E-state index contributed by atoms with van der Waals surface area (Å²) in [6.45, 7) is 3.25. The van der Waals surface area contributed by atoms with Gasteiger partial charge in [-0.15, -0.1) is 0 Å². The van der Waals surface area contributed by atoms with Crippen LogP contribution in [0.15, 0.2) is 17.0 Å². The summed E-state index contributed by atoms with van der Waals surface area (Å²) in [5.74, 6) is -0.701. The lowest BCUT2D eigenvalue weighted by Crippen LogP contribution is -2.37. The molecule has 2 fully saturated rings. The molecule has 1 N–H and O–H groups in total. The van der Waals surface area contributed by atoms with Crippen molar-refractivity contribution in [2.45, 2.75) is 63.3 Å². The predicted molar refractivity (Wildman–Crippen MR) is 99.0 cm³/mol. The second-order valence-corrected chi connectivity index (χ2v) is 10.7. The number of carbonyl (C=O) groups excluding carboxylic acids is 1. The van der Waals surface area contributed by atoms with Crippen molar-refractivity contribution in [3.63, 3.8) is 0 Å². The van der Waals surface area contributed by atoms with Gasteiger partial charge in [-0.2, -0.15) is 0 Å². The molecule has 1 saturated carbocycles. The van der Waals surface area contributed by atoms with Crippen LogP contribution in [0.5, 0.6) is 0 Å². The average molecular weight is 401 g/mol. The van der Waals surface area contributed by atoms with Crippen LogP contribution in [-0.2, 0) is 24.8 Å². The Hall–Kier alpha value is -1.45. The molecule has 1 amide bonds. The highest BCUT2D eigenvalue weighted by Crippen LogP contribution is 2.31. The minimum absolute atomic E-state index is 0.0519. The molecule has 0 aromatic heterocycles. The number of amides is 1. The lowest BCUT2D eigenvalue weighted by atomic mass is 9.96. The number of nitrogens with one attached hydrogen (secondary N) is 1. The first-order valence-corrected chi connectivity index (χ1v) is 11.9. The molecular formula is C17H24N2O5S2. The van der Waals surface area contributed by atoms with Gasteiger partial charge in [-0.1, -0.05) is 19.3 Å². The van der Waals surface area contributed by atoms with Gasteiger partial charge < -0.3 is 0 Å². The van der Waals surface area contributed by atoms with E-state index in [-0.39, 0.29) is 28.8 Å². The molecular weight excluding hydrogens is 376 g/mol. The molecule has 144 valence electrons. The van der Waals surface area contributed by atoms with Crippen LogP contribution in [0.3, 0.4) is 0 Å². The first-order chi connectivity index (χ1) is 12.1. The zero-order valence-electron chi connectivity index (χ0n) is 15.0. The molecule has 0 spiro atoms. The van der Waals surface area contributed by atoms with Crippen molar-refractivity contribution in [2.75, 3.05) is 10.1 Å². The summed E-state index contributed by atoms with van der Waals surface area (Å²) in [4.78, 5) is 12.1. The molecule has 1 aliphatic heterocycles. The lowest BCUT2D eigenvalue weighted by Gasteiger charge is -2.24. The second-order valence-electron chi connectivity index (χ2n) is 7.09. The van der Waals surface area contributed by atoms with Gasteiger partial charge in [0.05, 0.1) is 16.3 Å². The molecule has 0 bridgehead atoms. The van der Waals surface area contributed by atoms with Crippen molar-refractivity contribution in [1.29, 1.82) is 0 Å². The van der Waals surface area contributed by atoms with Crippen LogP contribution >= 0.6 is 0 Å². The van der Waals surface area contributed by atoms with E-state index in [4.69, 9.17) is 0 Å². The fraction of sp³-hybridized carbons (Fsp3) is 0.588. The number of carbonyl (C=O) groups is 1. The fourth-order valence-corrected chi connectivity index (χ4v) is 7.04. The quantitative estimate of drug-likeness (QED) is 0.833. The van der Waals surface area contributed by atoms with Crippen LogP contribution in [-0.4, -0.2) is 34.5 Å². The van der Waals surface area contributed by atoms with Gasteiger partial charge in [0.1, 0.15) is 0 Å². The maximum atomic E-state index is 12.9. The maximum Gasteiger partial charge on any atom is 0.242 e. The van der Waals surface area contributed by atoms with E-state index in [9.17, 15) is 21.6 Å². The minimum Gasteiger partial charge on any atom is -0.273 e. The Balaban J connectivity index is 1.96. The molecule has 0 radical (unpaired) electrons. The second kappa shape index (κ2) is 6.94. The van der Waals surface area contributed by atoms with Crippen LogP contribution in [0.25, 0.3) is 0 Å². The van der Waals surface area contributed by atoms with Gasteiger partial charge in [0.25, 0.3) is 0 Å². The van der Waals surface area contributed by atoms with Crippen LogP contribution in [0.1, 0.15) is 49.7 Å². The van der Waals surface area contributed by atoms with Crippen molar-refractivity contribution in [2.24, 2.45) is 0 Å². The van der Waals surface area contributed by atoms with E-state index in [1.54, 1.807) is 13.8 Å². The summed E-state index contributed by atoms with van der Waals surface area (Å²) in [5, 5.41) is 0. The van der Waals surface area contributed by atoms with Gasteiger partial charge in [-0.05, 0) is 49.9 Å². The normalized spacial score (nSPS) is 21.3. The SMILES string of the molecule is Cc1cc(N2C(=O)CCS2(=O)=O)cc(C)c1S(=O)(=O)NC1CCCCC1. The molecule has 1 aliphatic carbocycles. The van der Waals surface area contributed by atoms with E-state index < -0.39 is 26.0 Å². The lowest BCUT2D eigenvalue weighted by molar-refractivity contribution is -0.116. The summed E-state index contributed by atoms with van der Waals surface area (Å²) in [6, 6.07) is 2.86. The van der Waals surface area contributed by atoms with Gasteiger partial charge in [0, 0.05) is 12.5 Å². The summed E-state index contributed by atoms with van der Waals surface area (Å²) in [5.41, 5.74) is 1.07. The first kappa shape index (κ1) is 19.3. The number of benzene rings is 1. The van der Waals surface area contributed by atoms with Gasteiger partial charge in [0.15, 0.2) is 0 Å². The van der Waals surface area contributed by atoms with Gasteiger partial charge >= 0.3 is 0 Å². The predicted octanol–water partition coefficient (Wildman–Crippen LogP) is 1.98. The van der Waals surface area contributed by atoms with Crippen molar-refractivity contribution in [3.8, 4) is 0 Å². The number of rotatable bonds is 4. The van der Waals surface area contributed by atoms with Crippen LogP contribution in [0.2, 0.25) is 0 Å². The summed E-state index contributed by atoms with van der Waals surface area (Å²) >= 11 is 0. The Labute approximate surface area is 154 Å². The summed E-state index contributed by atoms with van der Waals surface area (Å²) in [6.07, 6.45) is 4.76. The van der Waals surface area contributed by atoms with Crippen molar-refractivity contribution in [1.82, 2.24) is 4.72 Å². The monoisotopic (exact) mass is 400 g/mol. The van der Waals surface area contributed by atoms with E-state index in [1.165, 1.54) is 12.1 Å². The number of sulfonamides is 2. The largest absolute Gasteiger partial charge is 0.273 e. The zero-order chi connectivity index (χ0) is 19.1. The fourth-order valence-electron chi connectivity index (χ4n) is 3.84. The van der Waals surface area contributed by atoms with Crippen molar-refractivity contribution in [3.05, 3.63) is 23.3 Å². The molecule has 1 aromatic carbocycles. The van der Waals surface area contributed by atoms with Crippen molar-refractivity contribution >= 4 is 31.6 Å². The molecule has 7 nitrogen and oxygen atoms in total. The third-order valence-electron chi connectivity index (χ3n) is 4.95. The number of aryl methyl sites for hydroxylation is 2. The number of hydrogen-bond donors (Lipinski definition) is 1. The third kappa shape index (κ3) is 3.65. The minimum atomic E-state index is -3.71. The molecule has 0 unspecified atom stereocenters. The molecule has 1 aromatic rings. The highest BCUT2D eigenvalue weighted by Gasteiger charge is 2.37. The van der Waals surface area contributed by atoms with E-state index in [1.807, 2.05) is 0 Å². The van der Waals surface area contributed by atoms with E-state index in [0.29, 0.717) is 11.1 Å². The first-order valence-electron chi connectivity index (χ1n) is 8.81. The smallest absolute Gasteiger partial charge is 0.242 e. The van der Waals surface area contributed by atoms with Crippen molar-refractivity contribution < 1.29 is 21.6 Å². The third-order valence-corrected chi connectivity index (χ3v) is 8.47. The van der Waals surface area contributed by atoms with Crippen LogP contribution < -0.4 is 9.03 Å². The molecule has 26 heavy (non-hydrogen) atoms.